The fourth-order valence-corrected chi connectivity index (χ4v) is 5.89. The lowest BCUT2D eigenvalue weighted by Gasteiger charge is -2.48. The first-order valence-corrected chi connectivity index (χ1v) is 10.9. The van der Waals surface area contributed by atoms with Crippen LogP contribution >= 0.6 is 0 Å². The molecule has 2 N–H and O–H groups in total. The van der Waals surface area contributed by atoms with Gasteiger partial charge in [-0.15, -0.1) is 0 Å². The molecule has 0 aromatic heterocycles. The summed E-state index contributed by atoms with van der Waals surface area (Å²) in [6.45, 7) is -3.22. The normalized spacial score (nSPS) is 32.1. The first kappa shape index (κ1) is 20.0. The van der Waals surface area contributed by atoms with E-state index in [4.69, 9.17) is 8.22 Å². The number of aliphatic hydroxyl groups is 2. The lowest BCUT2D eigenvalue weighted by Crippen LogP contribution is -2.55. The highest BCUT2D eigenvalue weighted by Crippen LogP contribution is 2.61. The van der Waals surface area contributed by atoms with Crippen LogP contribution in [0.5, 0.6) is 0 Å². The Balaban J connectivity index is 2.48. The first-order valence-electron chi connectivity index (χ1n) is 13.9. The number of rotatable bonds is 6. The molecule has 0 bridgehead atoms. The molecule has 190 valence electrons. The lowest BCUT2D eigenvalue weighted by atomic mass is 9.56. The van der Waals surface area contributed by atoms with Crippen LogP contribution in [0.1, 0.15) is 93.6 Å². The summed E-state index contributed by atoms with van der Waals surface area (Å²) in [5, 5.41) is 20.1. The zero-order valence-corrected chi connectivity index (χ0v) is 18.6. The Kier molecular flexibility index (Phi) is 5.49. The van der Waals surface area contributed by atoms with Gasteiger partial charge in [0.05, 0.1) is 5.60 Å². The van der Waals surface area contributed by atoms with Crippen molar-refractivity contribution in [3.8, 4) is 11.8 Å². The zero-order chi connectivity index (χ0) is 30.5. The SMILES string of the molecule is [2H]C([2H])([2H])C(O)(CCCC(C)(CC#CC(O)(C(F)(F)F)C(F)(F)F)[C@H]1CCC2C(=O)CCC[C@@]21C)C([2H])([2H])[2H]. The van der Waals surface area contributed by atoms with Crippen molar-refractivity contribution in [3.05, 3.63) is 0 Å². The summed E-state index contributed by atoms with van der Waals surface area (Å²) in [6.07, 6.45) is -11.6. The third-order valence-corrected chi connectivity index (χ3v) is 7.57. The van der Waals surface area contributed by atoms with Gasteiger partial charge in [-0.25, -0.2) is 0 Å². The topological polar surface area (TPSA) is 57.5 Å². The standard InChI is InChI=1S/C24H34F6O3/c1-19(2,32)11-6-12-20(3,13-7-15-22(33,23(25,26)27)24(28,29)30)18-10-9-16-17(31)8-5-14-21(16,18)4/h16,18,32-33H,5-6,8-14H2,1-4H3/t16?,18-,20?,21+/m1/s1/i1D3,2D3. The van der Waals surface area contributed by atoms with Crippen LogP contribution in [0.4, 0.5) is 26.3 Å². The van der Waals surface area contributed by atoms with Crippen molar-refractivity contribution >= 4 is 5.78 Å². The second kappa shape index (κ2) is 9.07. The summed E-state index contributed by atoms with van der Waals surface area (Å²) in [5.41, 5.74) is -10.2. The van der Waals surface area contributed by atoms with E-state index in [1.165, 1.54) is 0 Å². The van der Waals surface area contributed by atoms with Gasteiger partial charge in [0, 0.05) is 27.0 Å². The van der Waals surface area contributed by atoms with E-state index < -0.39 is 66.8 Å². The van der Waals surface area contributed by atoms with E-state index >= 15 is 0 Å². The summed E-state index contributed by atoms with van der Waals surface area (Å²) < 4.78 is 124. The molecule has 2 rings (SSSR count). The van der Waals surface area contributed by atoms with Crippen molar-refractivity contribution in [3.63, 3.8) is 0 Å². The van der Waals surface area contributed by atoms with Crippen molar-refractivity contribution in [2.24, 2.45) is 22.7 Å². The van der Waals surface area contributed by atoms with Crippen molar-refractivity contribution < 1.29 is 49.6 Å². The van der Waals surface area contributed by atoms with Gasteiger partial charge < -0.3 is 10.2 Å². The summed E-state index contributed by atoms with van der Waals surface area (Å²) in [7, 11) is 0. The molecule has 4 atom stereocenters. The third kappa shape index (κ3) is 5.70. The molecule has 0 amide bonds. The Morgan fingerprint density at radius 1 is 1.09 bits per heavy atom. The number of carbonyl (C=O) groups is 1. The Hall–Kier alpha value is -1.27. The molecular formula is C24H34F6O3. The molecule has 2 aliphatic rings. The summed E-state index contributed by atoms with van der Waals surface area (Å²) >= 11 is 0. The average Bonchev–Trinajstić information content (AvgIpc) is 3.09. The fraction of sp³-hybridized carbons (Fsp3) is 0.875. The number of Topliss-reactive ketones (excluding diaryl/α,β-unsaturated/α-hetero) is 1. The zero-order valence-electron chi connectivity index (χ0n) is 24.6. The molecule has 0 spiro atoms. The Morgan fingerprint density at radius 3 is 2.24 bits per heavy atom. The minimum absolute atomic E-state index is 0.0161. The molecule has 0 radical (unpaired) electrons. The van der Waals surface area contributed by atoms with Crippen LogP contribution in [0.15, 0.2) is 0 Å². The molecule has 2 saturated carbocycles. The quantitative estimate of drug-likeness (QED) is 0.356. The maximum absolute atomic E-state index is 13.2. The van der Waals surface area contributed by atoms with Crippen LogP contribution in [0.2, 0.25) is 0 Å². The monoisotopic (exact) mass is 490 g/mol. The maximum Gasteiger partial charge on any atom is 0.438 e. The molecule has 33 heavy (non-hydrogen) atoms. The summed E-state index contributed by atoms with van der Waals surface area (Å²) in [6, 6.07) is 0. The van der Waals surface area contributed by atoms with E-state index in [0.29, 0.717) is 32.1 Å². The number of halogens is 6. The van der Waals surface area contributed by atoms with E-state index in [1.807, 2.05) is 12.8 Å². The van der Waals surface area contributed by atoms with Crippen LogP contribution in [-0.4, -0.2) is 39.6 Å². The molecule has 0 aromatic rings. The molecule has 0 aliphatic heterocycles. The van der Waals surface area contributed by atoms with Gasteiger partial charge in [-0.2, -0.15) is 26.3 Å². The van der Waals surface area contributed by atoms with Gasteiger partial charge >= 0.3 is 18.0 Å². The summed E-state index contributed by atoms with van der Waals surface area (Å²) in [5.74, 6) is 2.05. The molecule has 2 fully saturated rings. The highest BCUT2D eigenvalue weighted by molar-refractivity contribution is 5.83. The maximum atomic E-state index is 13.2. The Labute approximate surface area is 199 Å². The number of ketones is 1. The number of fused-ring (bicyclic) bond motifs is 1. The first-order chi connectivity index (χ1) is 17.3. The third-order valence-electron chi connectivity index (χ3n) is 7.57. The van der Waals surface area contributed by atoms with E-state index in [9.17, 15) is 41.4 Å². The highest BCUT2D eigenvalue weighted by Gasteiger charge is 2.70. The minimum Gasteiger partial charge on any atom is -0.390 e. The average molecular weight is 491 g/mol. The van der Waals surface area contributed by atoms with Crippen LogP contribution in [-0.2, 0) is 4.79 Å². The smallest absolute Gasteiger partial charge is 0.390 e. The van der Waals surface area contributed by atoms with Crippen LogP contribution < -0.4 is 0 Å². The van der Waals surface area contributed by atoms with Gasteiger partial charge in [-0.1, -0.05) is 26.2 Å². The van der Waals surface area contributed by atoms with Crippen molar-refractivity contribution in [1.82, 2.24) is 0 Å². The molecule has 0 heterocycles. The predicted octanol–water partition coefficient (Wildman–Crippen LogP) is 5.97. The molecule has 0 aromatic carbocycles. The fourth-order valence-electron chi connectivity index (χ4n) is 5.89. The van der Waals surface area contributed by atoms with Gasteiger partial charge in [0.2, 0.25) is 0 Å². The van der Waals surface area contributed by atoms with Gasteiger partial charge in [0.1, 0.15) is 5.78 Å². The number of carbonyl (C=O) groups excluding carboxylic acids is 1. The van der Waals surface area contributed by atoms with Crippen molar-refractivity contribution in [1.29, 1.82) is 0 Å². The van der Waals surface area contributed by atoms with Gasteiger partial charge in [-0.3, -0.25) is 4.79 Å². The molecular weight excluding hydrogens is 450 g/mol. The number of hydrogen-bond donors (Lipinski definition) is 2. The van der Waals surface area contributed by atoms with E-state index in [2.05, 4.69) is 0 Å². The second-order valence-electron chi connectivity index (χ2n) is 10.1. The van der Waals surface area contributed by atoms with Crippen molar-refractivity contribution in [2.45, 2.75) is 109 Å². The van der Waals surface area contributed by atoms with Crippen LogP contribution in [0.25, 0.3) is 0 Å². The van der Waals surface area contributed by atoms with Crippen LogP contribution in [0.3, 0.4) is 0 Å². The molecule has 3 nitrogen and oxygen atoms in total. The van der Waals surface area contributed by atoms with E-state index in [0.717, 1.165) is 5.92 Å². The molecule has 2 aliphatic carbocycles. The van der Waals surface area contributed by atoms with E-state index in [-0.39, 0.29) is 24.5 Å². The van der Waals surface area contributed by atoms with Crippen LogP contribution in [0, 0.1) is 34.5 Å². The minimum atomic E-state index is -6.13. The van der Waals surface area contributed by atoms with E-state index in [1.54, 1.807) is 6.92 Å². The molecule has 0 saturated heterocycles. The highest BCUT2D eigenvalue weighted by atomic mass is 19.4. The molecule has 9 heteroatoms. The predicted molar refractivity (Wildman–Crippen MR) is 111 cm³/mol. The molecule has 2 unspecified atom stereocenters. The Bertz CT molecular complexity index is 953. The lowest BCUT2D eigenvalue weighted by molar-refractivity contribution is -0.343. The summed E-state index contributed by atoms with van der Waals surface area (Å²) in [4.78, 5) is 12.6. The second-order valence-corrected chi connectivity index (χ2v) is 10.1. The number of alkyl halides is 6. The Morgan fingerprint density at radius 2 is 1.70 bits per heavy atom. The largest absolute Gasteiger partial charge is 0.438 e. The van der Waals surface area contributed by atoms with Gasteiger partial charge in [-0.05, 0) is 74.9 Å². The number of hydrogen-bond acceptors (Lipinski definition) is 3. The van der Waals surface area contributed by atoms with Crippen molar-refractivity contribution in [2.75, 3.05) is 0 Å². The van der Waals surface area contributed by atoms with Gasteiger partial charge in [0.25, 0.3) is 0 Å². The van der Waals surface area contributed by atoms with Gasteiger partial charge in [0.15, 0.2) is 0 Å².